The number of rotatable bonds is 69. The number of methoxy groups -OCH3 is 1. The molecule has 3 aliphatic rings. The molecule has 0 aliphatic heterocycles. The zero-order chi connectivity index (χ0) is 80.6. The van der Waals surface area contributed by atoms with Crippen LogP contribution in [0.15, 0.2) is 0 Å². The summed E-state index contributed by atoms with van der Waals surface area (Å²) in [5, 5.41) is 103. The summed E-state index contributed by atoms with van der Waals surface area (Å²) in [5.74, 6) is -2.99. The van der Waals surface area contributed by atoms with E-state index in [-0.39, 0.29) is 201 Å². The van der Waals surface area contributed by atoms with Crippen LogP contribution in [0.2, 0.25) is 0 Å². The second-order valence-electron chi connectivity index (χ2n) is 28.5. The highest BCUT2D eigenvalue weighted by atomic mass is 31.2. The van der Waals surface area contributed by atoms with Gasteiger partial charge in [0.2, 0.25) is 5.91 Å². The summed E-state index contributed by atoms with van der Waals surface area (Å²) in [4.78, 5) is 54.2. The normalized spacial score (nSPS) is 27.9. The maximum absolute atomic E-state index is 13.5. The Labute approximate surface area is 642 Å². The lowest BCUT2D eigenvalue weighted by molar-refractivity contribution is -0.144. The zero-order valence-electron chi connectivity index (χ0n) is 64.3. The number of phosphoric ester groups is 4. The van der Waals surface area contributed by atoms with Crippen molar-refractivity contribution in [3.05, 3.63) is 0 Å². The van der Waals surface area contributed by atoms with E-state index >= 15 is 0 Å². The zero-order valence-corrected chi connectivity index (χ0v) is 67.9. The maximum atomic E-state index is 13.5. The van der Waals surface area contributed by atoms with Gasteiger partial charge in [-0.15, -0.1) is 0 Å². The molecule has 20 atom stereocenters. The van der Waals surface area contributed by atoms with Crippen molar-refractivity contribution in [1.82, 2.24) is 5.32 Å². The van der Waals surface area contributed by atoms with Crippen molar-refractivity contribution in [3.63, 3.8) is 0 Å². The van der Waals surface area contributed by atoms with Gasteiger partial charge >= 0.3 is 31.3 Å². The smallest absolute Gasteiger partial charge is 0.396 e. The topological polar surface area (TPSA) is 538 Å². The van der Waals surface area contributed by atoms with Crippen LogP contribution < -0.4 is 5.32 Å². The van der Waals surface area contributed by atoms with E-state index in [1.54, 1.807) is 21.0 Å². The van der Waals surface area contributed by atoms with E-state index in [0.29, 0.717) is 123 Å². The number of aliphatic hydroxyl groups excluding tert-OH is 10. The van der Waals surface area contributed by atoms with Crippen molar-refractivity contribution in [3.8, 4) is 0 Å². The number of phosphoric acid groups is 4. The van der Waals surface area contributed by atoms with Crippen molar-refractivity contribution in [2.45, 2.75) is 210 Å². The Morgan fingerprint density at radius 3 is 1.00 bits per heavy atom. The van der Waals surface area contributed by atoms with E-state index < -0.39 is 116 Å². The SMILES string of the molecule is COCCCOCC(CO)COCCCOP(=O)(O)OCC(COCCCOP(=O)(O)OCCCCCCO[C@@H]1CC(CO)[C@H](O)[C@H](O)C1C)(COCCCOP(=O)(O)OCCCCCCO[C@@H]1CC(CO)[C@H](O)[C@H](O)C1C)COCCCOP(=O)(O)OCCCCCCO[C@@H]1CC(CO)[C@H](O)[C@H](O)C1NC(C)=O. The molecule has 3 fully saturated rings. The number of carbonyl (C=O) groups is 1. The molecule has 3 saturated carbocycles. The molecule has 0 aromatic rings. The number of nitrogens with one attached hydrogen (secondary N) is 1. The second-order valence-corrected chi connectivity index (χ2v) is 34.3. The summed E-state index contributed by atoms with van der Waals surface area (Å²) in [6, 6.07) is -0.872. The first kappa shape index (κ1) is 102. The molecule has 0 spiro atoms. The van der Waals surface area contributed by atoms with Gasteiger partial charge in [0.15, 0.2) is 0 Å². The fraction of sp³-hybridized carbons (Fsp3) is 0.985. The fourth-order valence-electron chi connectivity index (χ4n) is 12.5. The molecular weight excluding hydrogens is 1530 g/mol. The van der Waals surface area contributed by atoms with Crippen LogP contribution in [0, 0.1) is 40.9 Å². The molecule has 0 aromatic carbocycles. The maximum Gasteiger partial charge on any atom is 0.472 e. The number of amides is 1. The van der Waals surface area contributed by atoms with Gasteiger partial charge in [0.05, 0.1) is 153 Å². The Hall–Kier alpha value is -0.850. The van der Waals surface area contributed by atoms with Gasteiger partial charge in [-0.1, -0.05) is 52.4 Å². The van der Waals surface area contributed by atoms with Crippen LogP contribution in [0.25, 0.3) is 0 Å². The Morgan fingerprint density at radius 2 is 0.670 bits per heavy atom. The van der Waals surface area contributed by atoms with Gasteiger partial charge in [0.25, 0.3) is 0 Å². The van der Waals surface area contributed by atoms with Crippen molar-refractivity contribution >= 4 is 37.2 Å². The predicted octanol–water partition coefficient (Wildman–Crippen LogP) is 3.61. The molecule has 0 heterocycles. The average molecular weight is 1670 g/mol. The third-order valence-electron chi connectivity index (χ3n) is 19.2. The van der Waals surface area contributed by atoms with Crippen LogP contribution >= 0.6 is 31.3 Å². The highest BCUT2D eigenvalue weighted by Gasteiger charge is 2.46. The van der Waals surface area contributed by atoms with E-state index in [2.05, 4.69) is 5.32 Å². The summed E-state index contributed by atoms with van der Waals surface area (Å²) in [6.45, 7) is 2.69. The summed E-state index contributed by atoms with van der Waals surface area (Å²) in [6.07, 6.45) is 0.942. The Balaban J connectivity index is 1.60. The number of ether oxygens (including phenoxy) is 9. The summed E-state index contributed by atoms with van der Waals surface area (Å²) in [7, 11) is -16.9. The third-order valence-corrected chi connectivity index (χ3v) is 23.2. The van der Waals surface area contributed by atoms with E-state index in [0.717, 1.165) is 0 Å². The molecule has 648 valence electrons. The van der Waals surface area contributed by atoms with Crippen molar-refractivity contribution in [2.75, 3.05) is 179 Å². The van der Waals surface area contributed by atoms with E-state index in [4.69, 9.17) is 78.8 Å². The molecule has 0 saturated heterocycles. The van der Waals surface area contributed by atoms with Gasteiger partial charge in [-0.2, -0.15) is 0 Å². The van der Waals surface area contributed by atoms with Gasteiger partial charge in [-0.05, 0) is 89.9 Å². The average Bonchev–Trinajstić information content (AvgIpc) is 0.809. The van der Waals surface area contributed by atoms with Crippen LogP contribution in [0.3, 0.4) is 0 Å². The lowest BCUT2D eigenvalue weighted by Gasteiger charge is -2.42. The number of hydrogen-bond acceptors (Lipinski definition) is 32. The minimum Gasteiger partial charge on any atom is -0.396 e. The molecule has 0 bridgehead atoms. The Kier molecular flexibility index (Phi) is 54.6. The quantitative estimate of drug-likeness (QED) is 0.0305. The summed E-state index contributed by atoms with van der Waals surface area (Å²) in [5.41, 5.74) is -1.46. The lowest BCUT2D eigenvalue weighted by atomic mass is 9.77. The largest absolute Gasteiger partial charge is 0.472 e. The lowest BCUT2D eigenvalue weighted by Crippen LogP contribution is -2.61. The van der Waals surface area contributed by atoms with Crippen LogP contribution in [0.1, 0.15) is 149 Å². The standard InChI is InChI=1S/C68H135NO36P4/c1-51-58(38-55(42-71)64(77)62(51)75)95-28-11-5-8-14-31-98-106(81,82)101-35-19-25-92-47-68(50-105-109(87,88)104-34-18-24-91-46-54(41-70)45-90-23-17-22-89-4,48-93-26-20-36-102-107(83,84)99-32-15-9-6-12-29-96-59-39-56(43-72)65(78)63(76)52(59)2)49-94-27-21-37-103-108(85,86)100-33-16-10-7-13-30-97-60-40-57(44-73)66(79)67(80)61(60)69-53(3)74/h51-52,54-67,70-73,75-80H,5-50H2,1-4H3,(H,69,74)(H,81,82)(H,83,84)(H,85,86)(H,87,88)/t51?,52?,54?,55?,56?,57?,58-,59-,60-,61?,62-,63-,64+,65+,66+,67-,68?/m1/s1. The molecule has 0 radical (unpaired) electrons. The van der Waals surface area contributed by atoms with Crippen LogP contribution in [0.4, 0.5) is 0 Å². The van der Waals surface area contributed by atoms with Crippen molar-refractivity contribution in [1.29, 1.82) is 0 Å². The first-order chi connectivity index (χ1) is 52.0. The third kappa shape index (κ3) is 44.0. The Bertz CT molecular complexity index is 2420. The summed E-state index contributed by atoms with van der Waals surface area (Å²) < 4.78 is 146. The molecule has 15 N–H and O–H groups in total. The second kappa shape index (κ2) is 58.1. The minimum absolute atomic E-state index is 0.0271. The van der Waals surface area contributed by atoms with E-state index in [1.165, 1.54) is 6.92 Å². The van der Waals surface area contributed by atoms with Gasteiger partial charge in [0.1, 0.15) is 6.10 Å². The van der Waals surface area contributed by atoms with Crippen molar-refractivity contribution < 1.29 is 173 Å². The van der Waals surface area contributed by atoms with Gasteiger partial charge in [-0.25, -0.2) is 18.3 Å². The van der Waals surface area contributed by atoms with Crippen LogP contribution in [-0.2, 0) is 102 Å². The molecule has 109 heavy (non-hydrogen) atoms. The molecule has 3 rings (SSSR count). The number of unbranched alkanes of at least 4 members (excludes halogenated alkanes) is 9. The van der Waals surface area contributed by atoms with E-state index in [9.17, 15) is 93.7 Å². The van der Waals surface area contributed by atoms with Crippen molar-refractivity contribution in [2.24, 2.45) is 40.9 Å². The molecule has 11 unspecified atom stereocenters. The molecular formula is C68H135NO36P4. The van der Waals surface area contributed by atoms with Gasteiger partial charge in [0, 0.05) is 129 Å². The molecule has 0 aromatic heterocycles. The molecule has 3 aliphatic carbocycles. The van der Waals surface area contributed by atoms with Gasteiger partial charge < -0.3 is 119 Å². The fourth-order valence-corrected chi connectivity index (χ4v) is 15.8. The monoisotopic (exact) mass is 1670 g/mol. The minimum atomic E-state index is -4.86. The highest BCUT2D eigenvalue weighted by molar-refractivity contribution is 7.48. The predicted molar refractivity (Wildman–Crippen MR) is 391 cm³/mol. The van der Waals surface area contributed by atoms with E-state index in [1.807, 2.05) is 0 Å². The van der Waals surface area contributed by atoms with Gasteiger partial charge in [-0.3, -0.25) is 41.0 Å². The van der Waals surface area contributed by atoms with Crippen LogP contribution in [-0.4, -0.2) is 316 Å². The summed E-state index contributed by atoms with van der Waals surface area (Å²) >= 11 is 0. The van der Waals surface area contributed by atoms with Crippen LogP contribution in [0.5, 0.6) is 0 Å². The Morgan fingerprint density at radius 1 is 0.376 bits per heavy atom. The molecule has 41 heteroatoms. The molecule has 37 nitrogen and oxygen atoms in total. The first-order valence-electron chi connectivity index (χ1n) is 38.5. The number of hydrogen-bond donors (Lipinski definition) is 15. The number of carbonyl (C=O) groups excluding carboxylic acids is 1. The number of aliphatic hydroxyl groups is 10. The highest BCUT2D eigenvalue weighted by Crippen LogP contribution is 2.47. The first-order valence-corrected chi connectivity index (χ1v) is 44.5. The molecule has 1 amide bonds.